The minimum Gasteiger partial charge on any atom is -0.368 e. The first kappa shape index (κ1) is 20.7. The van der Waals surface area contributed by atoms with E-state index in [9.17, 15) is 31.5 Å². The molecule has 3 rings (SSSR count). The Kier molecular flexibility index (Phi) is 5.30. The molecular formula is C16H11ClF5N5O2. The van der Waals surface area contributed by atoms with Gasteiger partial charge in [0.05, 0.1) is 12.6 Å². The second-order valence-corrected chi connectivity index (χ2v) is 6.44. The molecule has 1 aromatic heterocycles. The van der Waals surface area contributed by atoms with Gasteiger partial charge in [-0.3, -0.25) is 4.79 Å². The Balaban J connectivity index is 2.11. The third kappa shape index (κ3) is 3.92. The molecule has 0 spiro atoms. The largest absolute Gasteiger partial charge is 0.451 e. The molecule has 29 heavy (non-hydrogen) atoms. The van der Waals surface area contributed by atoms with Crippen molar-refractivity contribution in [1.82, 2.24) is 20.2 Å². The van der Waals surface area contributed by atoms with Crippen LogP contribution in [0.5, 0.6) is 0 Å². The zero-order valence-corrected chi connectivity index (χ0v) is 14.9. The van der Waals surface area contributed by atoms with E-state index >= 15 is 0 Å². The molecule has 3 N–H and O–H groups in total. The highest BCUT2D eigenvalue weighted by atomic mass is 35.5. The highest BCUT2D eigenvalue weighted by Crippen LogP contribution is 2.35. The lowest BCUT2D eigenvalue weighted by molar-refractivity contribution is -0.145. The molecule has 1 aliphatic heterocycles. The number of nitrogens with one attached hydrogen (secondary N) is 1. The Bertz CT molecular complexity index is 969. The van der Waals surface area contributed by atoms with Crippen LogP contribution in [0.1, 0.15) is 23.0 Å². The van der Waals surface area contributed by atoms with Gasteiger partial charge in [-0.1, -0.05) is 17.7 Å². The summed E-state index contributed by atoms with van der Waals surface area (Å²) in [5.74, 6) is -4.62. The number of nitrogens with two attached hydrogens (primary N) is 1. The molecule has 0 aliphatic carbocycles. The number of rotatable bonds is 4. The van der Waals surface area contributed by atoms with Gasteiger partial charge in [0.2, 0.25) is 11.7 Å². The summed E-state index contributed by atoms with van der Waals surface area (Å²) in [6.07, 6.45) is -3.31. The van der Waals surface area contributed by atoms with Crippen molar-refractivity contribution in [3.63, 3.8) is 0 Å². The highest BCUT2D eigenvalue weighted by molar-refractivity contribution is 6.31. The smallest absolute Gasteiger partial charge is 0.368 e. The predicted octanol–water partition coefficient (Wildman–Crippen LogP) is 2.40. The van der Waals surface area contributed by atoms with E-state index in [1.807, 2.05) is 0 Å². The fourth-order valence-electron chi connectivity index (χ4n) is 2.85. The second kappa shape index (κ2) is 7.43. The summed E-state index contributed by atoms with van der Waals surface area (Å²) in [6, 6.07) is -1.57. The number of alkyl halides is 3. The maximum Gasteiger partial charge on any atom is 0.451 e. The summed E-state index contributed by atoms with van der Waals surface area (Å²) in [5.41, 5.74) is 4.71. The number of halogens is 6. The van der Waals surface area contributed by atoms with Gasteiger partial charge in [-0.05, 0) is 6.07 Å². The maximum absolute atomic E-state index is 14.7. The molecule has 0 saturated carbocycles. The van der Waals surface area contributed by atoms with Crippen LogP contribution >= 0.6 is 11.6 Å². The van der Waals surface area contributed by atoms with Crippen LogP contribution in [0.15, 0.2) is 24.5 Å². The average Bonchev–Trinajstić information content (AvgIpc) is 3.03. The van der Waals surface area contributed by atoms with Crippen LogP contribution in [0.2, 0.25) is 5.02 Å². The number of carbonyl (C=O) groups is 2. The molecular weight excluding hydrogens is 425 g/mol. The summed E-state index contributed by atoms with van der Waals surface area (Å²) in [7, 11) is 0. The number of nitrogens with zero attached hydrogens (tertiary/aromatic N) is 3. The molecule has 1 saturated heterocycles. The second-order valence-electron chi connectivity index (χ2n) is 6.06. The van der Waals surface area contributed by atoms with Gasteiger partial charge in [-0.15, -0.1) is 0 Å². The number of benzene rings is 1. The van der Waals surface area contributed by atoms with Crippen molar-refractivity contribution >= 4 is 23.5 Å². The molecule has 7 nitrogen and oxygen atoms in total. The first-order valence-corrected chi connectivity index (χ1v) is 8.27. The van der Waals surface area contributed by atoms with E-state index in [0.717, 1.165) is 29.4 Å². The summed E-state index contributed by atoms with van der Waals surface area (Å²) in [4.78, 5) is 31.1. The molecule has 2 aromatic rings. The van der Waals surface area contributed by atoms with Crippen LogP contribution in [-0.4, -0.2) is 39.4 Å². The van der Waals surface area contributed by atoms with E-state index in [4.69, 9.17) is 17.3 Å². The van der Waals surface area contributed by atoms with Crippen LogP contribution in [0.3, 0.4) is 0 Å². The normalized spacial score (nSPS) is 17.9. The summed E-state index contributed by atoms with van der Waals surface area (Å²) < 4.78 is 66.4. The molecule has 13 heteroatoms. The number of aromatic nitrogens is 2. The van der Waals surface area contributed by atoms with Crippen LogP contribution in [0.4, 0.5) is 26.7 Å². The molecule has 0 radical (unpaired) electrons. The minimum absolute atomic E-state index is 0.125. The first-order valence-electron chi connectivity index (χ1n) is 7.89. The van der Waals surface area contributed by atoms with Crippen molar-refractivity contribution in [3.05, 3.63) is 58.1 Å². The Hall–Kier alpha value is -3.02. The molecule has 154 valence electrons. The molecule has 1 unspecified atom stereocenters. The van der Waals surface area contributed by atoms with Crippen molar-refractivity contribution in [2.24, 2.45) is 5.73 Å². The van der Waals surface area contributed by atoms with Gasteiger partial charge >= 0.3 is 12.2 Å². The van der Waals surface area contributed by atoms with Crippen molar-refractivity contribution in [3.8, 4) is 0 Å². The number of urea groups is 1. The van der Waals surface area contributed by atoms with E-state index < -0.39 is 52.7 Å². The topological polar surface area (TPSA) is 101 Å². The van der Waals surface area contributed by atoms with Gasteiger partial charge in [0, 0.05) is 23.5 Å². The number of hydrogen-bond acceptors (Lipinski definition) is 4. The first-order chi connectivity index (χ1) is 13.5. The summed E-state index contributed by atoms with van der Waals surface area (Å²) in [5, 5.41) is 1.40. The standard InChI is InChI=1S/C16H11ClF5N5O2/c17-10-8(18)2-1-7(11(10)19)12(27-5-9(13(23)28)26-15(27)29)6-3-24-14(25-4-6)16(20,21)22/h1-4,9,12H,5H2,(H2,23,28)(H,26,29)/t9?,12-/m1/s1. The monoisotopic (exact) mass is 435 g/mol. The lowest BCUT2D eigenvalue weighted by atomic mass is 9.98. The number of hydrogen-bond donors (Lipinski definition) is 2. The Morgan fingerprint density at radius 2 is 1.90 bits per heavy atom. The van der Waals surface area contributed by atoms with Gasteiger partial charge in [-0.25, -0.2) is 23.5 Å². The number of carbonyl (C=O) groups excluding carboxylic acids is 2. The molecule has 1 aromatic carbocycles. The molecule has 2 heterocycles. The van der Waals surface area contributed by atoms with Gasteiger partial charge in [0.1, 0.15) is 22.7 Å². The van der Waals surface area contributed by atoms with Gasteiger partial charge in [-0.2, -0.15) is 13.2 Å². The number of amides is 3. The average molecular weight is 436 g/mol. The van der Waals surface area contributed by atoms with Gasteiger partial charge in [0.15, 0.2) is 0 Å². The van der Waals surface area contributed by atoms with Crippen LogP contribution in [0.25, 0.3) is 0 Å². The van der Waals surface area contributed by atoms with E-state index in [1.165, 1.54) is 0 Å². The van der Waals surface area contributed by atoms with Crippen molar-refractivity contribution in [1.29, 1.82) is 0 Å². The van der Waals surface area contributed by atoms with E-state index in [2.05, 4.69) is 15.3 Å². The fraction of sp³-hybridized carbons (Fsp3) is 0.250. The van der Waals surface area contributed by atoms with E-state index in [0.29, 0.717) is 0 Å². The van der Waals surface area contributed by atoms with E-state index in [1.54, 1.807) is 0 Å². The SMILES string of the molecule is NC(=O)C1CN([C@H](c2cnc(C(F)(F)F)nc2)c2ccc(F)c(Cl)c2F)C(=O)N1. The molecule has 1 aliphatic rings. The van der Waals surface area contributed by atoms with Crippen molar-refractivity contribution in [2.45, 2.75) is 18.3 Å². The highest BCUT2D eigenvalue weighted by Gasteiger charge is 2.40. The minimum atomic E-state index is -4.82. The van der Waals surface area contributed by atoms with Gasteiger partial charge in [0.25, 0.3) is 0 Å². The van der Waals surface area contributed by atoms with E-state index in [-0.39, 0.29) is 17.7 Å². The molecule has 0 bridgehead atoms. The molecule has 1 fully saturated rings. The zero-order valence-electron chi connectivity index (χ0n) is 14.2. The molecule has 2 atom stereocenters. The van der Waals surface area contributed by atoms with Crippen LogP contribution in [-0.2, 0) is 11.0 Å². The Morgan fingerprint density at radius 1 is 1.28 bits per heavy atom. The molecule has 3 amide bonds. The summed E-state index contributed by atoms with van der Waals surface area (Å²) in [6.45, 7) is -0.325. The van der Waals surface area contributed by atoms with Crippen LogP contribution < -0.4 is 11.1 Å². The predicted molar refractivity (Wildman–Crippen MR) is 88.5 cm³/mol. The Morgan fingerprint density at radius 3 is 2.41 bits per heavy atom. The number of primary amides is 1. The lowest BCUT2D eigenvalue weighted by Gasteiger charge is -2.28. The third-order valence-electron chi connectivity index (χ3n) is 4.19. The quantitative estimate of drug-likeness (QED) is 0.569. The third-order valence-corrected chi connectivity index (χ3v) is 4.54. The van der Waals surface area contributed by atoms with Crippen LogP contribution in [0, 0.1) is 11.6 Å². The van der Waals surface area contributed by atoms with Crippen molar-refractivity contribution in [2.75, 3.05) is 6.54 Å². The fourth-order valence-corrected chi connectivity index (χ4v) is 3.02. The summed E-state index contributed by atoms with van der Waals surface area (Å²) >= 11 is 5.60. The van der Waals surface area contributed by atoms with Gasteiger partial charge < -0.3 is 16.0 Å². The zero-order chi connectivity index (χ0) is 21.5. The Labute approximate surface area is 164 Å². The maximum atomic E-state index is 14.7. The van der Waals surface area contributed by atoms with Crippen molar-refractivity contribution < 1.29 is 31.5 Å². The lowest BCUT2D eigenvalue weighted by Crippen LogP contribution is -2.39.